The first-order valence-electron chi connectivity index (χ1n) is 12.5. The SMILES string of the molecule is C=CC(=O)N1C2CCC1CC(Oc1cc3c(Nc4cccc5c4CCC5)ncnc3cc1OC)C2. The molecule has 1 aliphatic carbocycles. The molecule has 1 N–H and O–H groups in total. The normalized spacial score (nSPS) is 22.7. The third-order valence-electron chi connectivity index (χ3n) is 7.73. The average molecular weight is 471 g/mol. The monoisotopic (exact) mass is 470 g/mol. The molecule has 2 fully saturated rings. The highest BCUT2D eigenvalue weighted by Gasteiger charge is 2.43. The highest BCUT2D eigenvalue weighted by molar-refractivity contribution is 5.93. The van der Waals surface area contributed by atoms with E-state index in [9.17, 15) is 4.79 Å². The summed E-state index contributed by atoms with van der Waals surface area (Å²) in [6.07, 6.45) is 10.1. The number of piperidine rings is 1. The molecule has 7 nitrogen and oxygen atoms in total. The lowest BCUT2D eigenvalue weighted by Crippen LogP contribution is -2.48. The largest absolute Gasteiger partial charge is 0.493 e. The summed E-state index contributed by atoms with van der Waals surface area (Å²) in [6.45, 7) is 3.67. The lowest BCUT2D eigenvalue weighted by molar-refractivity contribution is -0.131. The molecule has 2 saturated heterocycles. The summed E-state index contributed by atoms with van der Waals surface area (Å²) in [4.78, 5) is 23.4. The zero-order valence-corrected chi connectivity index (χ0v) is 20.0. The summed E-state index contributed by atoms with van der Waals surface area (Å²) in [5.74, 6) is 2.12. The number of carbonyl (C=O) groups excluding carboxylic acids is 1. The van der Waals surface area contributed by atoms with Gasteiger partial charge in [0, 0.05) is 42.1 Å². The maximum Gasteiger partial charge on any atom is 0.246 e. The molecule has 3 aromatic rings. The number of amides is 1. The van der Waals surface area contributed by atoms with Crippen molar-refractivity contribution in [3.63, 3.8) is 0 Å². The van der Waals surface area contributed by atoms with Crippen LogP contribution in [-0.2, 0) is 17.6 Å². The Morgan fingerprint density at radius 3 is 2.74 bits per heavy atom. The molecule has 6 rings (SSSR count). The summed E-state index contributed by atoms with van der Waals surface area (Å²) in [6, 6.07) is 10.7. The number of ether oxygens (including phenoxy) is 2. The van der Waals surface area contributed by atoms with Crippen molar-refractivity contribution in [1.82, 2.24) is 14.9 Å². The fourth-order valence-electron chi connectivity index (χ4n) is 6.15. The Morgan fingerprint density at radius 1 is 1.14 bits per heavy atom. The zero-order valence-electron chi connectivity index (χ0n) is 20.0. The van der Waals surface area contributed by atoms with Crippen LogP contribution >= 0.6 is 0 Å². The number of hydrogen-bond donors (Lipinski definition) is 1. The highest BCUT2D eigenvalue weighted by atomic mass is 16.5. The maximum atomic E-state index is 12.3. The minimum Gasteiger partial charge on any atom is -0.493 e. The Balaban J connectivity index is 1.30. The van der Waals surface area contributed by atoms with Gasteiger partial charge in [0.2, 0.25) is 5.91 Å². The van der Waals surface area contributed by atoms with Crippen LogP contribution in [0.15, 0.2) is 49.3 Å². The van der Waals surface area contributed by atoms with E-state index in [4.69, 9.17) is 9.47 Å². The molecule has 2 unspecified atom stereocenters. The predicted octanol–water partition coefficient (Wildman–Crippen LogP) is 4.96. The van der Waals surface area contributed by atoms with Crippen LogP contribution in [0.1, 0.15) is 43.2 Å². The third kappa shape index (κ3) is 3.89. The van der Waals surface area contributed by atoms with E-state index in [0.29, 0.717) is 11.5 Å². The summed E-state index contributed by atoms with van der Waals surface area (Å²) in [5, 5.41) is 4.45. The summed E-state index contributed by atoms with van der Waals surface area (Å²) in [7, 11) is 1.65. The van der Waals surface area contributed by atoms with E-state index in [-0.39, 0.29) is 24.1 Å². The van der Waals surface area contributed by atoms with Gasteiger partial charge in [-0.1, -0.05) is 18.7 Å². The van der Waals surface area contributed by atoms with Gasteiger partial charge in [0.25, 0.3) is 0 Å². The van der Waals surface area contributed by atoms with Gasteiger partial charge in [0.15, 0.2) is 11.5 Å². The number of aryl methyl sites for hydroxylation is 1. The molecule has 3 heterocycles. The van der Waals surface area contributed by atoms with Gasteiger partial charge in [-0.05, 0) is 61.4 Å². The van der Waals surface area contributed by atoms with Crippen molar-refractivity contribution in [3.05, 3.63) is 60.4 Å². The van der Waals surface area contributed by atoms with Gasteiger partial charge in [-0.15, -0.1) is 0 Å². The second kappa shape index (κ2) is 8.87. The summed E-state index contributed by atoms with van der Waals surface area (Å²) in [5.41, 5.74) is 4.69. The number of fused-ring (bicyclic) bond motifs is 4. The fraction of sp³-hybridized carbons (Fsp3) is 0.393. The summed E-state index contributed by atoms with van der Waals surface area (Å²) >= 11 is 0. The van der Waals surface area contributed by atoms with Crippen LogP contribution in [0.2, 0.25) is 0 Å². The van der Waals surface area contributed by atoms with Gasteiger partial charge in [0.05, 0.1) is 12.6 Å². The average Bonchev–Trinajstić information content (AvgIpc) is 3.46. The number of carbonyl (C=O) groups is 1. The van der Waals surface area contributed by atoms with E-state index in [0.717, 1.165) is 60.9 Å². The Morgan fingerprint density at radius 2 is 1.97 bits per heavy atom. The Hall–Kier alpha value is -3.61. The molecule has 180 valence electrons. The highest BCUT2D eigenvalue weighted by Crippen LogP contribution is 2.41. The zero-order chi connectivity index (χ0) is 23.9. The van der Waals surface area contributed by atoms with Crippen molar-refractivity contribution >= 4 is 28.3 Å². The van der Waals surface area contributed by atoms with Crippen LogP contribution in [-0.4, -0.2) is 46.1 Å². The first-order valence-corrected chi connectivity index (χ1v) is 12.5. The second-order valence-corrected chi connectivity index (χ2v) is 9.71. The topological polar surface area (TPSA) is 76.6 Å². The number of hydrogen-bond acceptors (Lipinski definition) is 6. The van der Waals surface area contributed by atoms with Gasteiger partial charge in [-0.25, -0.2) is 9.97 Å². The van der Waals surface area contributed by atoms with E-state index in [1.165, 1.54) is 23.6 Å². The molecule has 2 atom stereocenters. The summed E-state index contributed by atoms with van der Waals surface area (Å²) < 4.78 is 12.2. The van der Waals surface area contributed by atoms with Gasteiger partial charge in [-0.3, -0.25) is 4.79 Å². The molecule has 2 bridgehead atoms. The second-order valence-electron chi connectivity index (χ2n) is 9.71. The van der Waals surface area contributed by atoms with Crippen molar-refractivity contribution in [1.29, 1.82) is 0 Å². The Kier molecular flexibility index (Phi) is 5.55. The predicted molar refractivity (Wildman–Crippen MR) is 135 cm³/mol. The van der Waals surface area contributed by atoms with Crippen molar-refractivity contribution in [2.45, 2.75) is 63.1 Å². The lowest BCUT2D eigenvalue weighted by atomic mass is 9.99. The van der Waals surface area contributed by atoms with Gasteiger partial charge < -0.3 is 19.7 Å². The molecule has 2 aromatic carbocycles. The van der Waals surface area contributed by atoms with Crippen LogP contribution in [0.5, 0.6) is 11.5 Å². The lowest BCUT2D eigenvalue weighted by Gasteiger charge is -2.38. The minimum atomic E-state index is 0.0196. The molecule has 2 aliphatic heterocycles. The number of aromatic nitrogens is 2. The molecule has 35 heavy (non-hydrogen) atoms. The number of nitrogens with zero attached hydrogens (tertiary/aromatic N) is 3. The van der Waals surface area contributed by atoms with Gasteiger partial charge in [0.1, 0.15) is 18.2 Å². The molecular formula is C28H30N4O3. The number of rotatable bonds is 6. The van der Waals surface area contributed by atoms with Crippen LogP contribution in [0, 0.1) is 0 Å². The smallest absolute Gasteiger partial charge is 0.246 e. The first-order chi connectivity index (χ1) is 17.1. The molecule has 0 saturated carbocycles. The number of anilines is 2. The molecule has 0 radical (unpaired) electrons. The van der Waals surface area contributed by atoms with E-state index in [2.05, 4.69) is 40.1 Å². The molecule has 1 aromatic heterocycles. The van der Waals surface area contributed by atoms with Crippen LogP contribution in [0.25, 0.3) is 10.9 Å². The van der Waals surface area contributed by atoms with Gasteiger partial charge in [-0.2, -0.15) is 0 Å². The van der Waals surface area contributed by atoms with E-state index in [1.807, 2.05) is 17.0 Å². The number of methoxy groups -OCH3 is 1. The molecule has 7 heteroatoms. The molecule has 0 spiro atoms. The van der Waals surface area contributed by atoms with Crippen molar-refractivity contribution in [2.24, 2.45) is 0 Å². The maximum absolute atomic E-state index is 12.3. The molecular weight excluding hydrogens is 440 g/mol. The molecule has 1 amide bonds. The van der Waals surface area contributed by atoms with E-state index in [1.54, 1.807) is 13.4 Å². The van der Waals surface area contributed by atoms with Crippen molar-refractivity contribution < 1.29 is 14.3 Å². The van der Waals surface area contributed by atoms with Crippen molar-refractivity contribution in [2.75, 3.05) is 12.4 Å². The third-order valence-corrected chi connectivity index (χ3v) is 7.73. The van der Waals surface area contributed by atoms with Crippen molar-refractivity contribution in [3.8, 4) is 11.5 Å². The number of benzene rings is 2. The Bertz CT molecular complexity index is 1290. The first kappa shape index (κ1) is 21.9. The van der Waals surface area contributed by atoms with Crippen LogP contribution in [0.3, 0.4) is 0 Å². The minimum absolute atomic E-state index is 0.0196. The van der Waals surface area contributed by atoms with Crippen LogP contribution in [0.4, 0.5) is 11.5 Å². The Labute approximate surface area is 205 Å². The van der Waals surface area contributed by atoms with E-state index >= 15 is 0 Å². The van der Waals surface area contributed by atoms with E-state index < -0.39 is 0 Å². The van der Waals surface area contributed by atoms with Crippen LogP contribution < -0.4 is 14.8 Å². The standard InChI is InChI=1S/C28H30N4O3/c1-3-27(33)32-18-10-11-19(32)13-20(12-18)35-26-14-22-24(15-25(26)34-2)29-16-30-28(22)31-23-9-5-7-17-6-4-8-21(17)23/h3,5,7,9,14-16,18-20H,1,4,6,8,10-13H2,2H3,(H,29,30,31). The van der Waals surface area contributed by atoms with Gasteiger partial charge >= 0.3 is 0 Å². The quantitative estimate of drug-likeness (QED) is 0.514. The fourth-order valence-corrected chi connectivity index (χ4v) is 6.15. The molecule has 3 aliphatic rings. The number of nitrogens with one attached hydrogen (secondary N) is 1.